The van der Waals surface area contributed by atoms with Gasteiger partial charge in [0.25, 0.3) is 0 Å². The van der Waals surface area contributed by atoms with E-state index in [1.165, 1.54) is 49.7 Å². The molecule has 2 heteroatoms. The Bertz CT molecular complexity index is 462. The van der Waals surface area contributed by atoms with E-state index in [9.17, 15) is 0 Å². The summed E-state index contributed by atoms with van der Waals surface area (Å²) in [7, 11) is 0. The van der Waals surface area contributed by atoms with Crippen LogP contribution in [0.4, 0.5) is 0 Å². The molecular weight excluding hydrogens is 258 g/mol. The predicted molar refractivity (Wildman–Crippen MR) is 87.5 cm³/mol. The Kier molecular flexibility index (Phi) is 4.66. The highest BCUT2D eigenvalue weighted by molar-refractivity contribution is 5.34. The average Bonchev–Trinajstić information content (AvgIpc) is 2.98. The second-order valence-electron chi connectivity index (χ2n) is 7.35. The zero-order valence-electron chi connectivity index (χ0n) is 13.5. The van der Waals surface area contributed by atoms with Gasteiger partial charge in [0.15, 0.2) is 0 Å². The van der Waals surface area contributed by atoms with E-state index in [0.29, 0.717) is 17.6 Å². The first-order valence-electron chi connectivity index (χ1n) is 8.59. The van der Waals surface area contributed by atoms with Gasteiger partial charge in [0.05, 0.1) is 12.7 Å². The highest BCUT2D eigenvalue weighted by Crippen LogP contribution is 2.43. The van der Waals surface area contributed by atoms with Crippen molar-refractivity contribution >= 4 is 0 Å². The Morgan fingerprint density at radius 3 is 2.76 bits per heavy atom. The van der Waals surface area contributed by atoms with Crippen LogP contribution in [0.1, 0.15) is 63.1 Å². The van der Waals surface area contributed by atoms with Gasteiger partial charge in [-0.1, -0.05) is 51.0 Å². The minimum atomic E-state index is 0.321. The van der Waals surface area contributed by atoms with Crippen molar-refractivity contribution in [3.63, 3.8) is 0 Å². The van der Waals surface area contributed by atoms with Crippen molar-refractivity contribution in [2.24, 2.45) is 5.41 Å². The molecule has 0 amide bonds. The van der Waals surface area contributed by atoms with E-state index in [4.69, 9.17) is 4.74 Å². The van der Waals surface area contributed by atoms with Gasteiger partial charge in [-0.15, -0.1) is 0 Å². The molecule has 1 saturated carbocycles. The van der Waals surface area contributed by atoms with E-state index < -0.39 is 0 Å². The molecule has 0 saturated heterocycles. The Balaban J connectivity index is 1.57. The third-order valence-corrected chi connectivity index (χ3v) is 5.29. The van der Waals surface area contributed by atoms with Crippen LogP contribution in [0.15, 0.2) is 24.3 Å². The minimum absolute atomic E-state index is 0.321. The van der Waals surface area contributed by atoms with Crippen LogP contribution in [0.5, 0.6) is 0 Å². The second kappa shape index (κ2) is 6.50. The maximum atomic E-state index is 5.99. The topological polar surface area (TPSA) is 21.3 Å². The highest BCUT2D eigenvalue weighted by atomic mass is 16.5. The fraction of sp³-hybridized carbons (Fsp3) is 0.684. The molecule has 0 aromatic heterocycles. The fourth-order valence-corrected chi connectivity index (χ4v) is 3.94. The van der Waals surface area contributed by atoms with Crippen molar-refractivity contribution in [2.75, 3.05) is 13.2 Å². The van der Waals surface area contributed by atoms with Crippen LogP contribution in [0.3, 0.4) is 0 Å². The molecule has 1 N–H and O–H groups in total. The normalized spacial score (nSPS) is 25.0. The SMILES string of the molecule is CC1(C)CCc2ccccc2C1NCCOC1CCCC1. The summed E-state index contributed by atoms with van der Waals surface area (Å²) in [4.78, 5) is 0. The lowest BCUT2D eigenvalue weighted by Gasteiger charge is -2.40. The number of hydrogen-bond donors (Lipinski definition) is 1. The van der Waals surface area contributed by atoms with Gasteiger partial charge in [-0.3, -0.25) is 0 Å². The van der Waals surface area contributed by atoms with Crippen molar-refractivity contribution in [1.82, 2.24) is 5.32 Å². The van der Waals surface area contributed by atoms with Gasteiger partial charge in [0, 0.05) is 12.6 Å². The summed E-state index contributed by atoms with van der Waals surface area (Å²) in [6.07, 6.45) is 8.21. The molecule has 1 atom stereocenters. The van der Waals surface area contributed by atoms with Gasteiger partial charge >= 0.3 is 0 Å². The van der Waals surface area contributed by atoms with Crippen molar-refractivity contribution in [3.8, 4) is 0 Å². The smallest absolute Gasteiger partial charge is 0.0594 e. The van der Waals surface area contributed by atoms with Crippen LogP contribution < -0.4 is 5.32 Å². The molecule has 21 heavy (non-hydrogen) atoms. The zero-order valence-corrected chi connectivity index (χ0v) is 13.5. The molecule has 1 aromatic carbocycles. The maximum Gasteiger partial charge on any atom is 0.0594 e. The molecule has 2 aliphatic rings. The summed E-state index contributed by atoms with van der Waals surface area (Å²) < 4.78 is 5.99. The first-order valence-corrected chi connectivity index (χ1v) is 8.59. The number of rotatable bonds is 5. The number of hydrogen-bond acceptors (Lipinski definition) is 2. The standard InChI is InChI=1S/C19H29NO/c1-19(2)12-11-15-7-3-6-10-17(15)18(19)20-13-14-21-16-8-4-5-9-16/h3,6-7,10,16,18,20H,4-5,8-9,11-14H2,1-2H3. The quantitative estimate of drug-likeness (QED) is 0.818. The lowest BCUT2D eigenvalue weighted by molar-refractivity contribution is 0.0554. The highest BCUT2D eigenvalue weighted by Gasteiger charge is 2.35. The van der Waals surface area contributed by atoms with Crippen molar-refractivity contribution in [3.05, 3.63) is 35.4 Å². The number of benzene rings is 1. The monoisotopic (exact) mass is 287 g/mol. The Labute approximate surface area is 129 Å². The molecule has 0 radical (unpaired) electrons. The Hall–Kier alpha value is -0.860. The molecule has 1 fully saturated rings. The number of fused-ring (bicyclic) bond motifs is 1. The van der Waals surface area contributed by atoms with Crippen LogP contribution in [0.25, 0.3) is 0 Å². The Morgan fingerprint density at radius 1 is 1.19 bits per heavy atom. The third kappa shape index (κ3) is 3.49. The van der Waals surface area contributed by atoms with Crippen LogP contribution >= 0.6 is 0 Å². The maximum absolute atomic E-state index is 5.99. The molecule has 116 valence electrons. The van der Waals surface area contributed by atoms with Crippen LogP contribution in [0.2, 0.25) is 0 Å². The first kappa shape index (κ1) is 15.1. The van der Waals surface area contributed by atoms with Crippen LogP contribution in [-0.2, 0) is 11.2 Å². The van der Waals surface area contributed by atoms with E-state index in [1.54, 1.807) is 0 Å². The van der Waals surface area contributed by atoms with Gasteiger partial charge in [-0.25, -0.2) is 0 Å². The van der Waals surface area contributed by atoms with E-state index in [2.05, 4.69) is 43.4 Å². The van der Waals surface area contributed by atoms with Crippen LogP contribution in [-0.4, -0.2) is 19.3 Å². The van der Waals surface area contributed by atoms with E-state index in [1.807, 2.05) is 0 Å². The number of nitrogens with one attached hydrogen (secondary N) is 1. The average molecular weight is 287 g/mol. The summed E-state index contributed by atoms with van der Waals surface area (Å²) in [6, 6.07) is 9.37. The first-order chi connectivity index (χ1) is 10.2. The largest absolute Gasteiger partial charge is 0.377 e. The van der Waals surface area contributed by atoms with E-state index in [0.717, 1.165) is 13.2 Å². The molecule has 0 spiro atoms. The second-order valence-corrected chi connectivity index (χ2v) is 7.35. The predicted octanol–water partition coefficient (Wildman–Crippen LogP) is 4.25. The van der Waals surface area contributed by atoms with Gasteiger partial charge in [0.2, 0.25) is 0 Å². The summed E-state index contributed by atoms with van der Waals surface area (Å²) in [5.41, 5.74) is 3.34. The summed E-state index contributed by atoms with van der Waals surface area (Å²) in [5, 5.41) is 3.77. The fourth-order valence-electron chi connectivity index (χ4n) is 3.94. The minimum Gasteiger partial charge on any atom is -0.377 e. The molecule has 0 heterocycles. The third-order valence-electron chi connectivity index (χ3n) is 5.29. The van der Waals surface area contributed by atoms with Gasteiger partial charge in [0.1, 0.15) is 0 Å². The van der Waals surface area contributed by atoms with Crippen molar-refractivity contribution < 1.29 is 4.74 Å². The summed E-state index contributed by atoms with van der Waals surface area (Å²) in [6.45, 7) is 6.58. The number of ether oxygens (including phenoxy) is 1. The lowest BCUT2D eigenvalue weighted by atomic mass is 9.70. The lowest BCUT2D eigenvalue weighted by Crippen LogP contribution is -2.39. The Morgan fingerprint density at radius 2 is 1.95 bits per heavy atom. The van der Waals surface area contributed by atoms with Crippen LogP contribution in [0, 0.1) is 5.41 Å². The van der Waals surface area contributed by atoms with Gasteiger partial charge in [-0.2, -0.15) is 0 Å². The molecule has 1 unspecified atom stereocenters. The van der Waals surface area contributed by atoms with Gasteiger partial charge < -0.3 is 10.1 Å². The molecule has 3 rings (SSSR count). The summed E-state index contributed by atoms with van der Waals surface area (Å²) in [5.74, 6) is 0. The molecule has 0 bridgehead atoms. The molecular formula is C19H29NO. The van der Waals surface area contributed by atoms with Crippen molar-refractivity contribution in [1.29, 1.82) is 0 Å². The van der Waals surface area contributed by atoms with E-state index >= 15 is 0 Å². The van der Waals surface area contributed by atoms with Crippen molar-refractivity contribution in [2.45, 2.75) is 64.5 Å². The summed E-state index contributed by atoms with van der Waals surface area (Å²) >= 11 is 0. The molecule has 2 nitrogen and oxygen atoms in total. The number of aryl methyl sites for hydroxylation is 1. The zero-order chi connectivity index (χ0) is 14.7. The van der Waals surface area contributed by atoms with E-state index in [-0.39, 0.29) is 0 Å². The molecule has 2 aliphatic carbocycles. The molecule has 0 aliphatic heterocycles. The van der Waals surface area contributed by atoms with Gasteiger partial charge in [-0.05, 0) is 42.2 Å². The molecule has 1 aromatic rings.